The van der Waals surface area contributed by atoms with Gasteiger partial charge in [0, 0.05) is 12.1 Å². The Kier molecular flexibility index (Phi) is 4.32. The van der Waals surface area contributed by atoms with Crippen molar-refractivity contribution in [3.8, 4) is 11.5 Å². The molecular weight excluding hydrogens is 302 g/mol. The van der Waals surface area contributed by atoms with Crippen LogP contribution in [0.2, 0.25) is 0 Å². The van der Waals surface area contributed by atoms with Gasteiger partial charge in [0.15, 0.2) is 0 Å². The number of piperidine rings is 1. The Balaban J connectivity index is 1.73. The summed E-state index contributed by atoms with van der Waals surface area (Å²) in [7, 11) is -1.55. The molecule has 0 spiro atoms. The molecule has 0 radical (unpaired) electrons. The fourth-order valence-corrected chi connectivity index (χ4v) is 5.30. The molecule has 0 unspecified atom stereocenters. The Morgan fingerprint density at radius 3 is 2.77 bits per heavy atom. The Morgan fingerprint density at radius 1 is 1.27 bits per heavy atom. The summed E-state index contributed by atoms with van der Waals surface area (Å²) in [5, 5.41) is 0. The first-order valence-electron chi connectivity index (χ1n) is 7.83. The number of benzene rings is 1. The zero-order chi connectivity index (χ0) is 15.7. The van der Waals surface area contributed by atoms with Crippen molar-refractivity contribution in [2.45, 2.75) is 38.3 Å². The highest BCUT2D eigenvalue weighted by Crippen LogP contribution is 2.44. The van der Waals surface area contributed by atoms with Gasteiger partial charge in [-0.05, 0) is 44.2 Å². The van der Waals surface area contributed by atoms with Crippen LogP contribution >= 0.6 is 0 Å². The van der Waals surface area contributed by atoms with Crippen molar-refractivity contribution in [1.82, 2.24) is 4.31 Å². The minimum Gasteiger partial charge on any atom is -0.497 e. The van der Waals surface area contributed by atoms with Crippen LogP contribution in [0.1, 0.15) is 26.2 Å². The van der Waals surface area contributed by atoms with Crippen molar-refractivity contribution in [3.05, 3.63) is 24.3 Å². The Morgan fingerprint density at radius 2 is 2.05 bits per heavy atom. The van der Waals surface area contributed by atoms with Crippen LogP contribution in [0.3, 0.4) is 0 Å². The van der Waals surface area contributed by atoms with Crippen molar-refractivity contribution in [2.24, 2.45) is 5.92 Å². The quantitative estimate of drug-likeness (QED) is 0.805. The molecule has 1 aliphatic carbocycles. The number of sulfonamides is 1. The molecule has 22 heavy (non-hydrogen) atoms. The summed E-state index contributed by atoms with van der Waals surface area (Å²) < 4.78 is 37.5. The van der Waals surface area contributed by atoms with Crippen LogP contribution < -0.4 is 9.47 Å². The molecule has 3 atom stereocenters. The molecule has 0 N–H and O–H groups in total. The predicted molar refractivity (Wildman–Crippen MR) is 84.7 cm³/mol. The smallest absolute Gasteiger partial charge is 0.214 e. The van der Waals surface area contributed by atoms with Crippen molar-refractivity contribution in [3.63, 3.8) is 0 Å². The molecule has 1 heterocycles. The molecule has 0 amide bonds. The van der Waals surface area contributed by atoms with E-state index in [2.05, 4.69) is 0 Å². The van der Waals surface area contributed by atoms with Crippen LogP contribution in [0.25, 0.3) is 0 Å². The molecule has 2 fully saturated rings. The van der Waals surface area contributed by atoms with E-state index in [1.165, 1.54) is 0 Å². The van der Waals surface area contributed by atoms with Crippen LogP contribution in [0.15, 0.2) is 24.3 Å². The van der Waals surface area contributed by atoms with Crippen LogP contribution in [0.4, 0.5) is 0 Å². The lowest BCUT2D eigenvalue weighted by atomic mass is 10.0. The van der Waals surface area contributed by atoms with Crippen LogP contribution in [-0.2, 0) is 10.0 Å². The zero-order valence-corrected chi connectivity index (χ0v) is 13.9. The maximum absolute atomic E-state index is 12.4. The Labute approximate surface area is 132 Å². The van der Waals surface area contributed by atoms with Gasteiger partial charge in [0.2, 0.25) is 10.0 Å². The minimum absolute atomic E-state index is 0.0325. The lowest BCUT2D eigenvalue weighted by Gasteiger charge is -2.33. The Hall–Kier alpha value is -1.27. The molecule has 1 saturated heterocycles. The molecule has 2 bridgehead atoms. The van der Waals surface area contributed by atoms with E-state index in [0.717, 1.165) is 30.8 Å². The SMILES string of the molecule is CCS(=O)(=O)N1[C@H]2CC[C@@H](C2)[C@H]1COc1cccc(OC)c1. The monoisotopic (exact) mass is 325 g/mol. The van der Waals surface area contributed by atoms with Crippen molar-refractivity contribution >= 4 is 10.0 Å². The van der Waals surface area contributed by atoms with Gasteiger partial charge < -0.3 is 9.47 Å². The summed E-state index contributed by atoms with van der Waals surface area (Å²) in [5.41, 5.74) is 0. The average Bonchev–Trinajstić information content (AvgIpc) is 3.14. The van der Waals surface area contributed by atoms with Gasteiger partial charge in [-0.15, -0.1) is 0 Å². The van der Waals surface area contributed by atoms with E-state index in [4.69, 9.17) is 9.47 Å². The molecule has 2 aliphatic rings. The lowest BCUT2D eigenvalue weighted by molar-refractivity contribution is 0.162. The predicted octanol–water partition coefficient (Wildman–Crippen LogP) is 2.28. The third kappa shape index (κ3) is 2.82. The fraction of sp³-hybridized carbons (Fsp3) is 0.625. The summed E-state index contributed by atoms with van der Waals surface area (Å²) in [4.78, 5) is 0. The van der Waals surface area contributed by atoms with E-state index >= 15 is 0 Å². The first-order valence-corrected chi connectivity index (χ1v) is 9.44. The molecule has 1 aromatic carbocycles. The number of methoxy groups -OCH3 is 1. The van der Waals surface area contributed by atoms with E-state index in [1.54, 1.807) is 18.3 Å². The highest BCUT2D eigenvalue weighted by Gasteiger charge is 2.50. The highest BCUT2D eigenvalue weighted by atomic mass is 32.2. The third-order valence-corrected chi connectivity index (χ3v) is 6.77. The minimum atomic E-state index is -3.17. The maximum Gasteiger partial charge on any atom is 0.214 e. The van der Waals surface area contributed by atoms with Crippen molar-refractivity contribution < 1.29 is 17.9 Å². The molecule has 122 valence electrons. The zero-order valence-electron chi connectivity index (χ0n) is 13.1. The summed E-state index contributed by atoms with van der Waals surface area (Å²) in [6.07, 6.45) is 3.07. The highest BCUT2D eigenvalue weighted by molar-refractivity contribution is 7.89. The van der Waals surface area contributed by atoms with Gasteiger partial charge in [-0.25, -0.2) is 8.42 Å². The molecule has 1 saturated carbocycles. The summed E-state index contributed by atoms with van der Waals surface area (Å²) in [5.74, 6) is 2.04. The van der Waals surface area contributed by atoms with Gasteiger partial charge in [0.25, 0.3) is 0 Å². The number of hydrogen-bond acceptors (Lipinski definition) is 4. The first-order chi connectivity index (χ1) is 10.5. The molecule has 5 nitrogen and oxygen atoms in total. The average molecular weight is 325 g/mol. The Bertz CT molecular complexity index is 631. The molecule has 6 heteroatoms. The van der Waals surface area contributed by atoms with Gasteiger partial charge in [-0.1, -0.05) is 6.07 Å². The fourth-order valence-electron chi connectivity index (χ4n) is 3.72. The van der Waals surface area contributed by atoms with Crippen LogP contribution in [0, 0.1) is 5.92 Å². The van der Waals surface area contributed by atoms with E-state index in [-0.39, 0.29) is 17.8 Å². The van der Waals surface area contributed by atoms with E-state index in [0.29, 0.717) is 12.5 Å². The van der Waals surface area contributed by atoms with Crippen molar-refractivity contribution in [1.29, 1.82) is 0 Å². The van der Waals surface area contributed by atoms with Gasteiger partial charge >= 0.3 is 0 Å². The third-order valence-electron chi connectivity index (χ3n) is 4.82. The van der Waals surface area contributed by atoms with Gasteiger partial charge in [0.05, 0.1) is 18.9 Å². The van der Waals surface area contributed by atoms with Gasteiger partial charge in [-0.3, -0.25) is 0 Å². The number of rotatable bonds is 6. The van der Waals surface area contributed by atoms with E-state index in [1.807, 2.05) is 24.3 Å². The van der Waals surface area contributed by atoms with Gasteiger partial charge in [-0.2, -0.15) is 4.31 Å². The molecule has 0 aromatic heterocycles. The maximum atomic E-state index is 12.4. The number of nitrogens with zero attached hydrogens (tertiary/aromatic N) is 1. The molecule has 3 rings (SSSR count). The molecule has 1 aliphatic heterocycles. The van der Waals surface area contributed by atoms with Crippen LogP contribution in [0.5, 0.6) is 11.5 Å². The van der Waals surface area contributed by atoms with Crippen molar-refractivity contribution in [2.75, 3.05) is 19.5 Å². The lowest BCUT2D eigenvalue weighted by Crippen LogP contribution is -2.48. The summed E-state index contributed by atoms with van der Waals surface area (Å²) >= 11 is 0. The standard InChI is InChI=1S/C16H23NO4S/c1-3-22(18,19)17-13-8-7-12(9-13)16(17)11-21-15-6-4-5-14(10-15)20-2/h4-6,10,12-13,16H,3,7-9,11H2,1-2H3/t12-,13-,16+/m0/s1. The number of ether oxygens (including phenoxy) is 2. The molecular formula is C16H23NO4S. The normalized spacial score (nSPS) is 28.0. The molecule has 1 aromatic rings. The van der Waals surface area contributed by atoms with Crippen LogP contribution in [-0.4, -0.2) is 44.3 Å². The summed E-state index contributed by atoms with van der Waals surface area (Å²) in [6.45, 7) is 2.12. The second-order valence-corrected chi connectivity index (χ2v) is 8.18. The second kappa shape index (κ2) is 6.08. The van der Waals surface area contributed by atoms with E-state index < -0.39 is 10.0 Å². The van der Waals surface area contributed by atoms with E-state index in [9.17, 15) is 8.42 Å². The topological polar surface area (TPSA) is 55.8 Å². The summed E-state index contributed by atoms with van der Waals surface area (Å²) in [6, 6.07) is 7.57. The number of hydrogen-bond donors (Lipinski definition) is 0. The second-order valence-electron chi connectivity index (χ2n) is 6.01. The van der Waals surface area contributed by atoms with Gasteiger partial charge in [0.1, 0.15) is 18.1 Å². The first kappa shape index (κ1) is 15.6. The number of fused-ring (bicyclic) bond motifs is 2. The largest absolute Gasteiger partial charge is 0.497 e.